The molecule has 0 atom stereocenters. The standard InChI is InChI=1S/C13H17NOS/c1-16-10-11-5-4-6-12(9-11)13(15)14-7-2-3-8-14/h4-6,9H,2-3,7-8,10H2,1H3. The van der Waals surface area contributed by atoms with Crippen molar-refractivity contribution in [3.05, 3.63) is 35.4 Å². The molecule has 1 aromatic carbocycles. The average Bonchev–Trinajstić information content (AvgIpc) is 2.82. The smallest absolute Gasteiger partial charge is 0.253 e. The van der Waals surface area contributed by atoms with Gasteiger partial charge in [0.05, 0.1) is 0 Å². The van der Waals surface area contributed by atoms with Crippen molar-refractivity contribution >= 4 is 17.7 Å². The summed E-state index contributed by atoms with van der Waals surface area (Å²) in [6.45, 7) is 1.84. The predicted octanol–water partition coefficient (Wildman–Crippen LogP) is 2.79. The fourth-order valence-electron chi connectivity index (χ4n) is 2.06. The Labute approximate surface area is 101 Å². The minimum absolute atomic E-state index is 0.195. The fraction of sp³-hybridized carbons (Fsp3) is 0.462. The van der Waals surface area contributed by atoms with Crippen molar-refractivity contribution in [2.45, 2.75) is 18.6 Å². The Balaban J connectivity index is 2.12. The summed E-state index contributed by atoms with van der Waals surface area (Å²) in [5, 5.41) is 0. The predicted molar refractivity (Wildman–Crippen MR) is 68.8 cm³/mol. The van der Waals surface area contributed by atoms with Gasteiger partial charge in [-0.3, -0.25) is 4.79 Å². The Hall–Kier alpha value is -0.960. The molecule has 1 heterocycles. The molecule has 1 aliphatic rings. The third kappa shape index (κ3) is 2.59. The highest BCUT2D eigenvalue weighted by molar-refractivity contribution is 7.97. The monoisotopic (exact) mass is 235 g/mol. The molecule has 0 bridgehead atoms. The van der Waals surface area contributed by atoms with E-state index in [1.807, 2.05) is 23.1 Å². The second kappa shape index (κ2) is 5.39. The number of benzene rings is 1. The van der Waals surface area contributed by atoms with E-state index in [4.69, 9.17) is 0 Å². The van der Waals surface area contributed by atoms with Crippen molar-refractivity contribution in [1.82, 2.24) is 4.90 Å². The van der Waals surface area contributed by atoms with Gasteiger partial charge in [0, 0.05) is 24.4 Å². The summed E-state index contributed by atoms with van der Waals surface area (Å²) in [5.41, 5.74) is 2.07. The van der Waals surface area contributed by atoms with E-state index < -0.39 is 0 Å². The van der Waals surface area contributed by atoms with Crippen LogP contribution in [0.5, 0.6) is 0 Å². The SMILES string of the molecule is CSCc1cccc(C(=O)N2CCCC2)c1. The lowest BCUT2D eigenvalue weighted by Gasteiger charge is -2.15. The van der Waals surface area contributed by atoms with Crippen LogP contribution < -0.4 is 0 Å². The van der Waals surface area contributed by atoms with Crippen molar-refractivity contribution in [3.63, 3.8) is 0 Å². The summed E-state index contributed by atoms with van der Waals surface area (Å²) in [4.78, 5) is 14.1. The van der Waals surface area contributed by atoms with Gasteiger partial charge in [0.2, 0.25) is 0 Å². The molecular weight excluding hydrogens is 218 g/mol. The lowest BCUT2D eigenvalue weighted by molar-refractivity contribution is 0.0792. The second-order valence-electron chi connectivity index (χ2n) is 4.13. The van der Waals surface area contributed by atoms with Gasteiger partial charge >= 0.3 is 0 Å². The van der Waals surface area contributed by atoms with E-state index in [2.05, 4.69) is 12.3 Å². The molecule has 0 saturated carbocycles. The first kappa shape index (κ1) is 11.5. The average molecular weight is 235 g/mol. The van der Waals surface area contributed by atoms with Crippen molar-refractivity contribution in [1.29, 1.82) is 0 Å². The maximum Gasteiger partial charge on any atom is 0.253 e. The molecule has 1 saturated heterocycles. The molecule has 2 rings (SSSR count). The lowest BCUT2D eigenvalue weighted by atomic mass is 10.1. The van der Waals surface area contributed by atoms with E-state index in [-0.39, 0.29) is 5.91 Å². The maximum absolute atomic E-state index is 12.1. The van der Waals surface area contributed by atoms with Crippen LogP contribution >= 0.6 is 11.8 Å². The highest BCUT2D eigenvalue weighted by Crippen LogP contribution is 2.16. The van der Waals surface area contributed by atoms with Crippen LogP contribution in [0.1, 0.15) is 28.8 Å². The molecule has 16 heavy (non-hydrogen) atoms. The first-order chi connectivity index (χ1) is 7.81. The van der Waals surface area contributed by atoms with Crippen LogP contribution in [0.4, 0.5) is 0 Å². The third-order valence-electron chi connectivity index (χ3n) is 2.88. The highest BCUT2D eigenvalue weighted by atomic mass is 32.2. The summed E-state index contributed by atoms with van der Waals surface area (Å²) in [5.74, 6) is 1.17. The number of rotatable bonds is 3. The summed E-state index contributed by atoms with van der Waals surface area (Å²) in [6.07, 6.45) is 4.38. The van der Waals surface area contributed by atoms with Crippen LogP contribution in [0.2, 0.25) is 0 Å². The summed E-state index contributed by atoms with van der Waals surface area (Å²) in [6, 6.07) is 8.01. The van der Waals surface area contributed by atoms with Gasteiger partial charge in [0.15, 0.2) is 0 Å². The first-order valence-corrected chi connectivity index (χ1v) is 7.08. The second-order valence-corrected chi connectivity index (χ2v) is 5.00. The number of carbonyl (C=O) groups is 1. The Kier molecular flexibility index (Phi) is 3.88. The topological polar surface area (TPSA) is 20.3 Å². The Morgan fingerprint density at radius 1 is 1.38 bits per heavy atom. The van der Waals surface area contributed by atoms with Crippen LogP contribution in [-0.4, -0.2) is 30.2 Å². The van der Waals surface area contributed by atoms with E-state index in [9.17, 15) is 4.79 Å². The molecule has 0 N–H and O–H groups in total. The molecule has 1 amide bonds. The molecule has 3 heteroatoms. The molecular formula is C13H17NOS. The molecule has 86 valence electrons. The van der Waals surface area contributed by atoms with Crippen LogP contribution in [0.15, 0.2) is 24.3 Å². The van der Waals surface area contributed by atoms with Gasteiger partial charge < -0.3 is 4.90 Å². The number of hydrogen-bond donors (Lipinski definition) is 0. The van der Waals surface area contributed by atoms with Crippen molar-refractivity contribution in [2.75, 3.05) is 19.3 Å². The minimum atomic E-state index is 0.195. The Morgan fingerprint density at radius 3 is 2.81 bits per heavy atom. The number of thioether (sulfide) groups is 1. The van der Waals surface area contributed by atoms with E-state index in [1.165, 1.54) is 5.56 Å². The molecule has 0 spiro atoms. The first-order valence-electron chi connectivity index (χ1n) is 5.68. The quantitative estimate of drug-likeness (QED) is 0.803. The van der Waals surface area contributed by atoms with Gasteiger partial charge in [-0.05, 0) is 36.8 Å². The Morgan fingerprint density at radius 2 is 2.12 bits per heavy atom. The van der Waals surface area contributed by atoms with Gasteiger partial charge in [-0.15, -0.1) is 0 Å². The molecule has 0 aromatic heterocycles. The van der Waals surface area contributed by atoms with E-state index in [0.29, 0.717) is 0 Å². The van der Waals surface area contributed by atoms with Crippen molar-refractivity contribution in [3.8, 4) is 0 Å². The highest BCUT2D eigenvalue weighted by Gasteiger charge is 2.19. The van der Waals surface area contributed by atoms with Gasteiger partial charge in [0.1, 0.15) is 0 Å². The largest absolute Gasteiger partial charge is 0.339 e. The molecule has 0 radical (unpaired) electrons. The lowest BCUT2D eigenvalue weighted by Crippen LogP contribution is -2.27. The zero-order valence-electron chi connectivity index (χ0n) is 9.61. The summed E-state index contributed by atoms with van der Waals surface area (Å²) >= 11 is 1.78. The van der Waals surface area contributed by atoms with E-state index in [1.54, 1.807) is 11.8 Å². The van der Waals surface area contributed by atoms with Crippen LogP contribution in [0.25, 0.3) is 0 Å². The van der Waals surface area contributed by atoms with Crippen molar-refractivity contribution < 1.29 is 4.79 Å². The minimum Gasteiger partial charge on any atom is -0.339 e. The van der Waals surface area contributed by atoms with Gasteiger partial charge in [0.25, 0.3) is 5.91 Å². The zero-order chi connectivity index (χ0) is 11.4. The third-order valence-corrected chi connectivity index (χ3v) is 3.50. The van der Waals surface area contributed by atoms with E-state index >= 15 is 0 Å². The van der Waals surface area contributed by atoms with Crippen LogP contribution in [-0.2, 0) is 5.75 Å². The Bertz CT molecular complexity index is 372. The van der Waals surface area contributed by atoms with E-state index in [0.717, 1.165) is 37.2 Å². The normalized spacial score (nSPS) is 15.4. The molecule has 0 aliphatic carbocycles. The van der Waals surface area contributed by atoms with Crippen LogP contribution in [0.3, 0.4) is 0 Å². The number of likely N-dealkylation sites (tertiary alicyclic amines) is 1. The molecule has 1 aliphatic heterocycles. The zero-order valence-corrected chi connectivity index (χ0v) is 10.4. The van der Waals surface area contributed by atoms with Gasteiger partial charge in [-0.1, -0.05) is 12.1 Å². The summed E-state index contributed by atoms with van der Waals surface area (Å²) in [7, 11) is 0. The molecule has 2 nitrogen and oxygen atoms in total. The van der Waals surface area contributed by atoms with Crippen molar-refractivity contribution in [2.24, 2.45) is 0 Å². The molecule has 1 aromatic rings. The number of amides is 1. The van der Waals surface area contributed by atoms with Gasteiger partial charge in [-0.2, -0.15) is 11.8 Å². The fourth-order valence-corrected chi connectivity index (χ4v) is 2.58. The van der Waals surface area contributed by atoms with Crippen LogP contribution in [0, 0.1) is 0 Å². The number of carbonyl (C=O) groups excluding carboxylic acids is 1. The number of nitrogens with zero attached hydrogens (tertiary/aromatic N) is 1. The van der Waals surface area contributed by atoms with Gasteiger partial charge in [-0.25, -0.2) is 0 Å². The summed E-state index contributed by atoms with van der Waals surface area (Å²) < 4.78 is 0. The number of hydrogen-bond acceptors (Lipinski definition) is 2. The maximum atomic E-state index is 12.1. The molecule has 0 unspecified atom stereocenters. The molecule has 1 fully saturated rings.